The molecule has 2 aromatic rings. The molecule has 0 amide bonds. The van der Waals surface area contributed by atoms with Gasteiger partial charge < -0.3 is 5.32 Å². The molecule has 1 aromatic carbocycles. The van der Waals surface area contributed by atoms with Crippen LogP contribution in [0.3, 0.4) is 0 Å². The summed E-state index contributed by atoms with van der Waals surface area (Å²) in [4.78, 5) is 12.0. The molecule has 2 atom stereocenters. The zero-order chi connectivity index (χ0) is 14.8. The Hall–Kier alpha value is -2.07. The van der Waals surface area contributed by atoms with Crippen molar-refractivity contribution in [1.82, 2.24) is 9.78 Å². The molecule has 0 spiro atoms. The molecule has 2 unspecified atom stereocenters. The molecule has 1 saturated carbocycles. The van der Waals surface area contributed by atoms with Crippen LogP contribution in [0.5, 0.6) is 0 Å². The minimum absolute atomic E-state index is 0.186. The van der Waals surface area contributed by atoms with Crippen LogP contribution in [0.1, 0.15) is 17.9 Å². The third kappa shape index (κ3) is 2.85. The first-order chi connectivity index (χ1) is 10.2. The highest BCUT2D eigenvalue weighted by molar-refractivity contribution is 6.32. The van der Waals surface area contributed by atoms with Gasteiger partial charge in [0.05, 0.1) is 18.4 Å². The third-order valence-corrected chi connectivity index (χ3v) is 4.01. The molecule has 108 valence electrons. The smallest absolute Gasteiger partial charge is 0.287 e. The van der Waals surface area contributed by atoms with E-state index >= 15 is 0 Å². The summed E-state index contributed by atoms with van der Waals surface area (Å²) in [5, 5.41) is 7.59. The van der Waals surface area contributed by atoms with E-state index < -0.39 is 0 Å². The Balaban J connectivity index is 1.74. The lowest BCUT2D eigenvalue weighted by molar-refractivity contribution is 0.653. The molecule has 1 aliphatic carbocycles. The molecular formula is C16H16ClN3O. The summed E-state index contributed by atoms with van der Waals surface area (Å²) in [5.74, 6) is 0.470. The van der Waals surface area contributed by atoms with E-state index in [1.807, 2.05) is 18.2 Å². The Morgan fingerprint density at radius 3 is 2.90 bits per heavy atom. The van der Waals surface area contributed by atoms with Gasteiger partial charge >= 0.3 is 0 Å². The van der Waals surface area contributed by atoms with Crippen LogP contribution in [0, 0.1) is 0 Å². The fraction of sp³-hybridized carbons (Fsp3) is 0.250. The van der Waals surface area contributed by atoms with Crippen LogP contribution in [0.25, 0.3) is 0 Å². The molecular weight excluding hydrogens is 286 g/mol. The summed E-state index contributed by atoms with van der Waals surface area (Å²) in [7, 11) is 0. The average molecular weight is 302 g/mol. The summed E-state index contributed by atoms with van der Waals surface area (Å²) in [6.45, 7) is 3.95. The second-order valence-electron chi connectivity index (χ2n) is 5.15. The van der Waals surface area contributed by atoms with Crippen molar-refractivity contribution in [3.63, 3.8) is 0 Å². The third-order valence-electron chi connectivity index (χ3n) is 3.65. The van der Waals surface area contributed by atoms with E-state index in [0.29, 0.717) is 24.2 Å². The van der Waals surface area contributed by atoms with E-state index in [-0.39, 0.29) is 10.6 Å². The maximum atomic E-state index is 12.0. The fourth-order valence-electron chi connectivity index (χ4n) is 2.44. The first-order valence-corrected chi connectivity index (χ1v) is 7.26. The predicted octanol–water partition coefficient (Wildman–Crippen LogP) is 3.05. The van der Waals surface area contributed by atoms with Crippen molar-refractivity contribution in [2.45, 2.75) is 24.9 Å². The van der Waals surface area contributed by atoms with E-state index in [0.717, 1.165) is 6.42 Å². The first kappa shape index (κ1) is 13.9. The number of halogens is 1. The van der Waals surface area contributed by atoms with Gasteiger partial charge in [-0.25, -0.2) is 4.68 Å². The minimum Gasteiger partial charge on any atom is -0.379 e. The van der Waals surface area contributed by atoms with Gasteiger partial charge in [-0.3, -0.25) is 4.79 Å². The van der Waals surface area contributed by atoms with Gasteiger partial charge in [-0.2, -0.15) is 5.10 Å². The molecule has 4 nitrogen and oxygen atoms in total. The minimum atomic E-state index is -0.293. The van der Waals surface area contributed by atoms with Gasteiger partial charge in [-0.05, 0) is 12.0 Å². The molecule has 0 bridgehead atoms. The Labute approximate surface area is 128 Å². The van der Waals surface area contributed by atoms with Crippen molar-refractivity contribution in [3.05, 3.63) is 70.1 Å². The van der Waals surface area contributed by atoms with Gasteiger partial charge in [0.25, 0.3) is 5.56 Å². The first-order valence-electron chi connectivity index (χ1n) is 6.88. The molecule has 1 N–H and O–H groups in total. The maximum Gasteiger partial charge on any atom is 0.287 e. The fourth-order valence-corrected chi connectivity index (χ4v) is 2.64. The molecule has 21 heavy (non-hydrogen) atoms. The summed E-state index contributed by atoms with van der Waals surface area (Å²) in [6, 6.07) is 10.6. The number of benzene rings is 1. The SMILES string of the molecule is C=CCn1ncc(NC2CC2c2ccccc2)c(Cl)c1=O. The van der Waals surface area contributed by atoms with E-state index in [9.17, 15) is 4.79 Å². The molecule has 5 heteroatoms. The normalized spacial score (nSPS) is 20.0. The lowest BCUT2D eigenvalue weighted by Crippen LogP contribution is -2.24. The van der Waals surface area contributed by atoms with Crippen LogP contribution < -0.4 is 10.9 Å². The Bertz CT molecular complexity index is 711. The van der Waals surface area contributed by atoms with Gasteiger partial charge in [0.1, 0.15) is 5.02 Å². The number of allylic oxidation sites excluding steroid dienone is 1. The van der Waals surface area contributed by atoms with Gasteiger partial charge in [0.15, 0.2) is 0 Å². The Morgan fingerprint density at radius 2 is 2.19 bits per heavy atom. The lowest BCUT2D eigenvalue weighted by Gasteiger charge is -2.09. The van der Waals surface area contributed by atoms with E-state index in [1.165, 1.54) is 10.2 Å². The van der Waals surface area contributed by atoms with E-state index in [4.69, 9.17) is 11.6 Å². The molecule has 1 fully saturated rings. The number of hydrogen-bond donors (Lipinski definition) is 1. The largest absolute Gasteiger partial charge is 0.379 e. The standard InChI is InChI=1S/C16H16ClN3O/c1-2-8-20-16(21)15(17)14(10-18-20)19-13-9-12(13)11-6-4-3-5-7-11/h2-7,10,12-13,19H,1,8-9H2. The van der Waals surface area contributed by atoms with Crippen molar-refractivity contribution in [1.29, 1.82) is 0 Å². The number of anilines is 1. The average Bonchev–Trinajstić information content (AvgIpc) is 3.27. The molecule has 1 heterocycles. The van der Waals surface area contributed by atoms with Crippen LogP contribution in [0.4, 0.5) is 5.69 Å². The van der Waals surface area contributed by atoms with Gasteiger partial charge in [0.2, 0.25) is 0 Å². The van der Waals surface area contributed by atoms with Crippen molar-refractivity contribution < 1.29 is 0 Å². The number of hydrogen-bond acceptors (Lipinski definition) is 3. The number of aromatic nitrogens is 2. The maximum absolute atomic E-state index is 12.0. The van der Waals surface area contributed by atoms with Crippen LogP contribution in [-0.2, 0) is 6.54 Å². The highest BCUT2D eigenvalue weighted by Crippen LogP contribution is 2.43. The Morgan fingerprint density at radius 1 is 1.43 bits per heavy atom. The molecule has 1 aromatic heterocycles. The summed E-state index contributed by atoms with van der Waals surface area (Å²) < 4.78 is 1.29. The second-order valence-corrected chi connectivity index (χ2v) is 5.53. The number of nitrogens with zero attached hydrogens (tertiary/aromatic N) is 2. The predicted molar refractivity (Wildman–Crippen MR) is 84.9 cm³/mol. The number of rotatable bonds is 5. The van der Waals surface area contributed by atoms with E-state index in [1.54, 1.807) is 12.3 Å². The Kier molecular flexibility index (Phi) is 3.80. The van der Waals surface area contributed by atoms with E-state index in [2.05, 4.69) is 29.1 Å². The van der Waals surface area contributed by atoms with Crippen LogP contribution >= 0.6 is 11.6 Å². The van der Waals surface area contributed by atoms with Crippen LogP contribution in [0.15, 0.2) is 54.0 Å². The highest BCUT2D eigenvalue weighted by Gasteiger charge is 2.38. The lowest BCUT2D eigenvalue weighted by atomic mass is 10.1. The number of nitrogens with one attached hydrogen (secondary N) is 1. The van der Waals surface area contributed by atoms with Gasteiger partial charge in [0, 0.05) is 12.0 Å². The van der Waals surface area contributed by atoms with Crippen molar-refractivity contribution >= 4 is 17.3 Å². The van der Waals surface area contributed by atoms with Crippen molar-refractivity contribution in [2.75, 3.05) is 5.32 Å². The van der Waals surface area contributed by atoms with Crippen LogP contribution in [-0.4, -0.2) is 15.8 Å². The second kappa shape index (κ2) is 5.74. The molecule has 0 aliphatic heterocycles. The van der Waals surface area contributed by atoms with Gasteiger partial charge in [-0.1, -0.05) is 48.0 Å². The van der Waals surface area contributed by atoms with Gasteiger partial charge in [-0.15, -0.1) is 6.58 Å². The van der Waals surface area contributed by atoms with Crippen molar-refractivity contribution in [2.24, 2.45) is 0 Å². The molecule has 3 rings (SSSR count). The van der Waals surface area contributed by atoms with Crippen molar-refractivity contribution in [3.8, 4) is 0 Å². The summed E-state index contributed by atoms with van der Waals surface area (Å²) in [5.41, 5.74) is 1.61. The molecule has 1 aliphatic rings. The summed E-state index contributed by atoms with van der Waals surface area (Å²) >= 11 is 6.13. The zero-order valence-electron chi connectivity index (χ0n) is 11.5. The molecule has 0 radical (unpaired) electrons. The quantitative estimate of drug-likeness (QED) is 0.864. The zero-order valence-corrected chi connectivity index (χ0v) is 12.3. The molecule has 0 saturated heterocycles. The summed E-state index contributed by atoms with van der Waals surface area (Å²) in [6.07, 6.45) is 4.26. The highest BCUT2D eigenvalue weighted by atomic mass is 35.5. The van der Waals surface area contributed by atoms with Crippen LogP contribution in [0.2, 0.25) is 5.02 Å². The topological polar surface area (TPSA) is 46.9 Å². The monoisotopic (exact) mass is 301 g/mol.